The smallest absolute Gasteiger partial charge is 0.296 e. The number of pyridine rings is 2. The number of aryl methyl sites for hydroxylation is 2. The third-order valence-corrected chi connectivity index (χ3v) is 14.1. The monoisotopic (exact) mass is 623 g/mol. The second kappa shape index (κ2) is 10.6. The summed E-state index contributed by atoms with van der Waals surface area (Å²) < 4.78 is 26.9. The van der Waals surface area contributed by atoms with Crippen molar-refractivity contribution in [3.05, 3.63) is 47.0 Å². The van der Waals surface area contributed by atoms with Gasteiger partial charge in [-0.1, -0.05) is 32.4 Å². The van der Waals surface area contributed by atoms with Crippen molar-refractivity contribution in [2.24, 2.45) is 7.05 Å². The van der Waals surface area contributed by atoms with Crippen LogP contribution in [0, 0.1) is 0 Å². The molecule has 5 atom stereocenters. The number of imidazole rings is 1. The molecule has 0 amide bonds. The molecule has 1 aliphatic carbocycles. The maximum absolute atomic E-state index is 6.68. The number of H-pyrrole nitrogens is 1. The quantitative estimate of drug-likeness (QED) is 0.259. The standard InChI is InChI=1S/C30H38ClN7O4Si/c1-30(2,3)43(5,6)42-23-15-40-25-22(14-39-26(23)25)41-29-35-21-10-19(31)27(36-28(21)37-29)34-20-8-7-16-9-17(11-32-24(16)20)18-12-33-38(4)13-18/h9-13,20,22-23,25-26H,7-8,14-15H2,1-6H3,(H2,34,35,36,37)/t20?,22-,23?,25-,26-/m1/s1. The first-order valence-corrected chi connectivity index (χ1v) is 18.1. The third-order valence-electron chi connectivity index (χ3n) is 9.27. The lowest BCUT2D eigenvalue weighted by atomic mass is 10.1. The van der Waals surface area contributed by atoms with E-state index in [0.717, 1.165) is 29.7 Å². The Kier molecular flexibility index (Phi) is 7.05. The summed E-state index contributed by atoms with van der Waals surface area (Å²) in [6.07, 6.45) is 6.80. The molecular formula is C30H38ClN7O4Si. The average molecular weight is 624 g/mol. The van der Waals surface area contributed by atoms with Crippen molar-refractivity contribution in [1.29, 1.82) is 0 Å². The van der Waals surface area contributed by atoms with Gasteiger partial charge >= 0.3 is 0 Å². The predicted octanol–water partition coefficient (Wildman–Crippen LogP) is 5.44. The van der Waals surface area contributed by atoms with Gasteiger partial charge in [-0.25, -0.2) is 4.98 Å². The Labute approximate surface area is 256 Å². The van der Waals surface area contributed by atoms with Gasteiger partial charge in [0.2, 0.25) is 0 Å². The van der Waals surface area contributed by atoms with Gasteiger partial charge in [-0.05, 0) is 48.7 Å². The van der Waals surface area contributed by atoms with Crippen LogP contribution in [0.3, 0.4) is 0 Å². The van der Waals surface area contributed by atoms with Crippen LogP contribution in [0.2, 0.25) is 23.2 Å². The van der Waals surface area contributed by atoms with E-state index in [9.17, 15) is 0 Å². The molecular weight excluding hydrogens is 586 g/mol. The zero-order chi connectivity index (χ0) is 30.1. The fourth-order valence-electron chi connectivity index (χ4n) is 5.89. The van der Waals surface area contributed by atoms with Gasteiger partial charge in [-0.15, -0.1) is 0 Å². The van der Waals surface area contributed by atoms with Crippen molar-refractivity contribution >= 4 is 36.9 Å². The largest absolute Gasteiger partial charge is 0.456 e. The number of hydrogen-bond acceptors (Lipinski definition) is 9. The molecule has 0 aromatic carbocycles. The Morgan fingerprint density at radius 2 is 1.84 bits per heavy atom. The van der Waals surface area contributed by atoms with Crippen LogP contribution in [0.5, 0.6) is 6.01 Å². The highest BCUT2D eigenvalue weighted by Gasteiger charge is 2.52. The lowest BCUT2D eigenvalue weighted by Crippen LogP contribution is -2.47. The molecule has 11 nitrogen and oxygen atoms in total. The number of aromatic amines is 1. The Balaban J connectivity index is 1.03. The summed E-state index contributed by atoms with van der Waals surface area (Å²) in [5.74, 6) is 0.567. The summed E-state index contributed by atoms with van der Waals surface area (Å²) in [4.78, 5) is 17.4. The summed E-state index contributed by atoms with van der Waals surface area (Å²) in [7, 11) is -0.0488. The molecule has 3 aliphatic rings. The van der Waals surface area contributed by atoms with Gasteiger partial charge in [0.1, 0.15) is 18.0 Å². The number of aromatic nitrogens is 6. The predicted molar refractivity (Wildman–Crippen MR) is 166 cm³/mol. The Morgan fingerprint density at radius 3 is 2.58 bits per heavy atom. The van der Waals surface area contributed by atoms with Crippen LogP contribution in [0.15, 0.2) is 30.7 Å². The van der Waals surface area contributed by atoms with Crippen LogP contribution in [-0.4, -0.2) is 75.7 Å². The van der Waals surface area contributed by atoms with Gasteiger partial charge in [0.05, 0.1) is 47.8 Å². The molecule has 2 saturated heterocycles. The molecule has 228 valence electrons. The van der Waals surface area contributed by atoms with Crippen molar-refractivity contribution in [2.45, 2.75) is 82.2 Å². The summed E-state index contributed by atoms with van der Waals surface area (Å²) in [6.45, 7) is 12.1. The minimum atomic E-state index is -1.96. The van der Waals surface area contributed by atoms with Gasteiger partial charge in [0.15, 0.2) is 20.1 Å². The first kappa shape index (κ1) is 28.7. The highest BCUT2D eigenvalue weighted by molar-refractivity contribution is 6.74. The molecule has 6 heterocycles. The van der Waals surface area contributed by atoms with Gasteiger partial charge in [-0.3, -0.25) is 9.67 Å². The van der Waals surface area contributed by atoms with Crippen LogP contribution in [0.4, 0.5) is 5.82 Å². The Bertz CT molecular complexity index is 1670. The number of ether oxygens (including phenoxy) is 3. The van der Waals surface area contributed by atoms with Crippen LogP contribution in [0.1, 0.15) is 44.5 Å². The normalized spacial score (nSPS) is 25.3. The first-order chi connectivity index (χ1) is 20.4. The second-order valence-corrected chi connectivity index (χ2v) is 18.5. The number of hydrogen-bond donors (Lipinski definition) is 2. The highest BCUT2D eigenvalue weighted by Crippen LogP contribution is 2.41. The molecule has 7 rings (SSSR count). The topological polar surface area (TPSA) is 121 Å². The zero-order valence-corrected chi connectivity index (χ0v) is 27.1. The van der Waals surface area contributed by atoms with Crippen molar-refractivity contribution in [3.8, 4) is 17.1 Å². The summed E-state index contributed by atoms with van der Waals surface area (Å²) in [5, 5.41) is 8.38. The van der Waals surface area contributed by atoms with E-state index in [2.05, 4.69) is 60.3 Å². The number of anilines is 1. The molecule has 0 bridgehead atoms. The fraction of sp³-hybridized carbons (Fsp3) is 0.533. The minimum absolute atomic E-state index is 0.00336. The summed E-state index contributed by atoms with van der Waals surface area (Å²) in [6, 6.07) is 4.38. The number of nitrogens with one attached hydrogen (secondary N) is 2. The van der Waals surface area contributed by atoms with Crippen molar-refractivity contribution in [3.63, 3.8) is 0 Å². The third kappa shape index (κ3) is 5.33. The van der Waals surface area contributed by atoms with Gasteiger partial charge in [0.25, 0.3) is 6.01 Å². The molecule has 0 spiro atoms. The summed E-state index contributed by atoms with van der Waals surface area (Å²) in [5.41, 5.74) is 5.56. The van der Waals surface area contributed by atoms with E-state index in [-0.39, 0.29) is 35.5 Å². The maximum Gasteiger partial charge on any atom is 0.296 e. The van der Waals surface area contributed by atoms with Crippen LogP contribution >= 0.6 is 11.6 Å². The minimum Gasteiger partial charge on any atom is -0.456 e. The van der Waals surface area contributed by atoms with E-state index < -0.39 is 8.32 Å². The Hall–Kier alpha value is -3.03. The van der Waals surface area contributed by atoms with Gasteiger partial charge in [0, 0.05) is 30.6 Å². The van der Waals surface area contributed by atoms with E-state index in [1.165, 1.54) is 5.56 Å². The molecule has 43 heavy (non-hydrogen) atoms. The van der Waals surface area contributed by atoms with Gasteiger partial charge in [-0.2, -0.15) is 10.1 Å². The van der Waals surface area contributed by atoms with E-state index in [1.807, 2.05) is 31.7 Å². The average Bonchev–Trinajstić information content (AvgIpc) is 3.76. The molecule has 2 fully saturated rings. The molecule has 0 saturated carbocycles. The fourth-order valence-corrected chi connectivity index (χ4v) is 7.41. The summed E-state index contributed by atoms with van der Waals surface area (Å²) >= 11 is 6.68. The van der Waals surface area contributed by atoms with Gasteiger partial charge < -0.3 is 28.9 Å². The van der Waals surface area contributed by atoms with E-state index in [4.69, 9.17) is 40.2 Å². The number of nitrogens with zero attached hydrogens (tertiary/aromatic N) is 5. The number of rotatable bonds is 7. The SMILES string of the molecule is Cn1cc(-c2cnc3c(c2)CCC3Nc2nc3nc(O[C@@H]4CO[C@@H]5C(O[Si](C)(C)C(C)(C)C)CO[C@@H]54)[nH]c3cc2Cl)cn1. The maximum atomic E-state index is 6.68. The number of halogens is 1. The molecule has 13 heteroatoms. The highest BCUT2D eigenvalue weighted by atomic mass is 35.5. The molecule has 2 N–H and O–H groups in total. The molecule has 4 aromatic heterocycles. The van der Waals surface area contributed by atoms with Crippen molar-refractivity contribution < 1.29 is 18.6 Å². The van der Waals surface area contributed by atoms with Crippen molar-refractivity contribution in [1.82, 2.24) is 29.7 Å². The Morgan fingerprint density at radius 1 is 1.07 bits per heavy atom. The lowest BCUT2D eigenvalue weighted by molar-refractivity contribution is 0.0116. The van der Waals surface area contributed by atoms with Crippen LogP contribution in [0.25, 0.3) is 22.3 Å². The molecule has 0 radical (unpaired) electrons. The van der Waals surface area contributed by atoms with E-state index in [1.54, 1.807) is 4.68 Å². The lowest BCUT2D eigenvalue weighted by Gasteiger charge is -2.39. The van der Waals surface area contributed by atoms with Crippen molar-refractivity contribution in [2.75, 3.05) is 18.5 Å². The number of fused-ring (bicyclic) bond motifs is 3. The first-order valence-electron chi connectivity index (χ1n) is 14.8. The molecule has 2 unspecified atom stereocenters. The van der Waals surface area contributed by atoms with Crippen LogP contribution < -0.4 is 10.1 Å². The molecule has 2 aliphatic heterocycles. The van der Waals surface area contributed by atoms with E-state index in [0.29, 0.717) is 41.2 Å². The molecule has 4 aromatic rings. The van der Waals surface area contributed by atoms with E-state index >= 15 is 0 Å². The second-order valence-electron chi connectivity index (χ2n) is 13.3. The zero-order valence-electron chi connectivity index (χ0n) is 25.3. The van der Waals surface area contributed by atoms with Crippen LogP contribution in [-0.2, 0) is 27.4 Å².